The minimum absolute atomic E-state index is 0.00146. The average molecular weight is 375 g/mol. The van der Waals surface area contributed by atoms with E-state index in [4.69, 9.17) is 10.5 Å². The summed E-state index contributed by atoms with van der Waals surface area (Å²) < 4.78 is 5.79. The molecule has 3 amide bonds. The standard InChI is InChI=1S/C20H29N3O4/c21-18(24)14-22-19(25)10-11-20(26)23-16-6-8-17(9-7-16)27-13-12-15-4-2-1-3-5-15/h6-9,15H,1-5,10-14H2,(H2,21,24)(H,22,25)(H,23,26). The molecule has 7 heteroatoms. The zero-order valence-corrected chi connectivity index (χ0v) is 15.7. The van der Waals surface area contributed by atoms with Gasteiger partial charge in [0.15, 0.2) is 0 Å². The van der Waals surface area contributed by atoms with Crippen molar-refractivity contribution >= 4 is 23.4 Å². The van der Waals surface area contributed by atoms with Gasteiger partial charge in [0.25, 0.3) is 0 Å². The van der Waals surface area contributed by atoms with Gasteiger partial charge in [-0.25, -0.2) is 0 Å². The van der Waals surface area contributed by atoms with Gasteiger partial charge < -0.3 is 21.1 Å². The van der Waals surface area contributed by atoms with Crippen LogP contribution in [0, 0.1) is 5.92 Å². The molecule has 0 aromatic heterocycles. The van der Waals surface area contributed by atoms with Crippen LogP contribution in [0.3, 0.4) is 0 Å². The Bertz CT molecular complexity index is 625. The van der Waals surface area contributed by atoms with Gasteiger partial charge in [0.2, 0.25) is 17.7 Å². The fourth-order valence-corrected chi connectivity index (χ4v) is 3.18. The zero-order chi connectivity index (χ0) is 19.5. The summed E-state index contributed by atoms with van der Waals surface area (Å²) in [7, 11) is 0. The summed E-state index contributed by atoms with van der Waals surface area (Å²) >= 11 is 0. The van der Waals surface area contributed by atoms with Crippen molar-refractivity contribution in [1.82, 2.24) is 5.32 Å². The van der Waals surface area contributed by atoms with Crippen LogP contribution in [0.4, 0.5) is 5.69 Å². The summed E-state index contributed by atoms with van der Waals surface area (Å²) in [6.07, 6.45) is 7.80. The number of benzene rings is 1. The van der Waals surface area contributed by atoms with Crippen LogP contribution in [0.25, 0.3) is 0 Å². The molecule has 27 heavy (non-hydrogen) atoms. The van der Waals surface area contributed by atoms with Crippen LogP contribution < -0.4 is 21.1 Å². The van der Waals surface area contributed by atoms with Gasteiger partial charge in [0, 0.05) is 18.5 Å². The van der Waals surface area contributed by atoms with Crippen molar-refractivity contribution in [2.24, 2.45) is 11.7 Å². The maximum absolute atomic E-state index is 11.9. The van der Waals surface area contributed by atoms with Crippen molar-refractivity contribution in [3.05, 3.63) is 24.3 Å². The molecule has 2 rings (SSSR count). The number of hydrogen-bond acceptors (Lipinski definition) is 4. The van der Waals surface area contributed by atoms with Crippen LogP contribution in [0.15, 0.2) is 24.3 Å². The lowest BCUT2D eigenvalue weighted by Crippen LogP contribution is -2.33. The number of nitrogens with one attached hydrogen (secondary N) is 2. The summed E-state index contributed by atoms with van der Waals surface area (Å²) in [6, 6.07) is 7.22. The predicted octanol–water partition coefficient (Wildman–Crippen LogP) is 2.36. The molecule has 148 valence electrons. The Balaban J connectivity index is 1.64. The van der Waals surface area contributed by atoms with E-state index in [1.165, 1.54) is 32.1 Å². The quantitative estimate of drug-likeness (QED) is 0.583. The van der Waals surface area contributed by atoms with Gasteiger partial charge in [-0.3, -0.25) is 14.4 Å². The second-order valence-corrected chi connectivity index (χ2v) is 6.96. The lowest BCUT2D eigenvalue weighted by molar-refractivity contribution is -0.126. The van der Waals surface area contributed by atoms with Crippen LogP contribution in [0.2, 0.25) is 0 Å². The topological polar surface area (TPSA) is 111 Å². The van der Waals surface area contributed by atoms with Crippen molar-refractivity contribution in [2.75, 3.05) is 18.5 Å². The summed E-state index contributed by atoms with van der Waals surface area (Å²) in [6.45, 7) is 0.499. The number of hydrogen-bond donors (Lipinski definition) is 3. The molecular weight excluding hydrogens is 346 g/mol. The molecule has 1 saturated carbocycles. The number of carbonyl (C=O) groups is 3. The highest BCUT2D eigenvalue weighted by atomic mass is 16.5. The molecule has 1 aromatic rings. The van der Waals surface area contributed by atoms with Crippen LogP contribution in [-0.2, 0) is 14.4 Å². The smallest absolute Gasteiger partial charge is 0.236 e. The first-order chi connectivity index (χ1) is 13.0. The Kier molecular flexibility index (Phi) is 8.61. The second kappa shape index (κ2) is 11.2. The Hall–Kier alpha value is -2.57. The lowest BCUT2D eigenvalue weighted by Gasteiger charge is -2.21. The van der Waals surface area contributed by atoms with Crippen molar-refractivity contribution in [3.8, 4) is 5.75 Å². The molecule has 1 aliphatic carbocycles. The van der Waals surface area contributed by atoms with E-state index in [1.54, 1.807) is 12.1 Å². The monoisotopic (exact) mass is 375 g/mol. The maximum Gasteiger partial charge on any atom is 0.236 e. The number of amides is 3. The third kappa shape index (κ3) is 8.57. The summed E-state index contributed by atoms with van der Waals surface area (Å²) in [4.78, 5) is 33.9. The Morgan fingerprint density at radius 3 is 2.33 bits per heavy atom. The number of nitrogens with two attached hydrogens (primary N) is 1. The zero-order valence-electron chi connectivity index (χ0n) is 15.7. The minimum Gasteiger partial charge on any atom is -0.494 e. The highest BCUT2D eigenvalue weighted by molar-refractivity contribution is 5.93. The number of rotatable bonds is 10. The van der Waals surface area contributed by atoms with E-state index in [1.807, 2.05) is 12.1 Å². The highest BCUT2D eigenvalue weighted by Crippen LogP contribution is 2.26. The molecular formula is C20H29N3O4. The molecule has 0 spiro atoms. The van der Waals surface area contributed by atoms with Crippen molar-refractivity contribution in [2.45, 2.75) is 51.4 Å². The third-order valence-electron chi connectivity index (χ3n) is 4.70. The van der Waals surface area contributed by atoms with E-state index in [9.17, 15) is 14.4 Å². The van der Waals surface area contributed by atoms with Crippen LogP contribution in [0.1, 0.15) is 51.4 Å². The van der Waals surface area contributed by atoms with E-state index >= 15 is 0 Å². The highest BCUT2D eigenvalue weighted by Gasteiger charge is 2.13. The summed E-state index contributed by atoms with van der Waals surface area (Å²) in [5.74, 6) is 0.307. The second-order valence-electron chi connectivity index (χ2n) is 6.96. The van der Waals surface area contributed by atoms with E-state index in [0.717, 1.165) is 24.7 Å². The molecule has 1 aromatic carbocycles. The van der Waals surface area contributed by atoms with Crippen molar-refractivity contribution in [1.29, 1.82) is 0 Å². The molecule has 0 atom stereocenters. The van der Waals surface area contributed by atoms with E-state index in [0.29, 0.717) is 5.69 Å². The van der Waals surface area contributed by atoms with Gasteiger partial charge in [-0.1, -0.05) is 32.1 Å². The predicted molar refractivity (Wildman–Crippen MR) is 103 cm³/mol. The molecule has 1 aliphatic rings. The van der Waals surface area contributed by atoms with Gasteiger partial charge in [-0.15, -0.1) is 0 Å². The lowest BCUT2D eigenvalue weighted by atomic mass is 9.87. The number of primary amides is 1. The molecule has 0 unspecified atom stereocenters. The molecule has 0 bridgehead atoms. The molecule has 0 saturated heterocycles. The first-order valence-electron chi connectivity index (χ1n) is 9.60. The van der Waals surface area contributed by atoms with Gasteiger partial charge in [-0.05, 0) is 36.6 Å². The van der Waals surface area contributed by atoms with Crippen LogP contribution in [0.5, 0.6) is 5.75 Å². The fraction of sp³-hybridized carbons (Fsp3) is 0.550. The molecule has 0 radical (unpaired) electrons. The average Bonchev–Trinajstić information content (AvgIpc) is 2.67. The van der Waals surface area contributed by atoms with Gasteiger partial charge in [0.1, 0.15) is 5.75 Å². The molecule has 7 nitrogen and oxygen atoms in total. The Morgan fingerprint density at radius 2 is 1.67 bits per heavy atom. The number of ether oxygens (including phenoxy) is 1. The molecule has 0 heterocycles. The first kappa shape index (κ1) is 20.7. The van der Waals surface area contributed by atoms with Crippen molar-refractivity contribution < 1.29 is 19.1 Å². The Labute approximate surface area is 160 Å². The first-order valence-corrected chi connectivity index (χ1v) is 9.60. The van der Waals surface area contributed by atoms with Crippen molar-refractivity contribution in [3.63, 3.8) is 0 Å². The van der Waals surface area contributed by atoms with Gasteiger partial charge in [0.05, 0.1) is 13.2 Å². The van der Waals surface area contributed by atoms with E-state index in [2.05, 4.69) is 10.6 Å². The van der Waals surface area contributed by atoms with Gasteiger partial charge in [-0.2, -0.15) is 0 Å². The van der Waals surface area contributed by atoms with Gasteiger partial charge >= 0.3 is 0 Å². The maximum atomic E-state index is 11.9. The van der Waals surface area contributed by atoms with E-state index < -0.39 is 5.91 Å². The Morgan fingerprint density at radius 1 is 1.00 bits per heavy atom. The molecule has 4 N–H and O–H groups in total. The fourth-order valence-electron chi connectivity index (χ4n) is 3.18. The van der Waals surface area contributed by atoms with Crippen LogP contribution in [-0.4, -0.2) is 30.9 Å². The number of carbonyl (C=O) groups excluding carboxylic acids is 3. The minimum atomic E-state index is -0.617. The summed E-state index contributed by atoms with van der Waals surface area (Å²) in [5, 5.41) is 5.07. The van der Waals surface area contributed by atoms with E-state index in [-0.39, 0.29) is 31.2 Å². The normalized spacial score (nSPS) is 14.4. The summed E-state index contributed by atoms with van der Waals surface area (Å²) in [5.41, 5.74) is 5.59. The molecule has 0 aliphatic heterocycles. The SMILES string of the molecule is NC(=O)CNC(=O)CCC(=O)Nc1ccc(OCCC2CCCCC2)cc1. The molecule has 1 fully saturated rings. The third-order valence-corrected chi connectivity index (χ3v) is 4.70. The number of anilines is 1. The largest absolute Gasteiger partial charge is 0.494 e. The van der Waals surface area contributed by atoms with Crippen LogP contribution >= 0.6 is 0 Å².